The molecule has 0 saturated heterocycles. The van der Waals surface area contributed by atoms with Crippen LogP contribution in [0, 0.1) is 5.82 Å². The van der Waals surface area contributed by atoms with Crippen LogP contribution in [0.3, 0.4) is 0 Å². The number of nitrogens with one attached hydrogen (secondary N) is 2. The summed E-state index contributed by atoms with van der Waals surface area (Å²) < 4.78 is 18.5. The van der Waals surface area contributed by atoms with Crippen LogP contribution in [0.25, 0.3) is 0 Å². The largest absolute Gasteiger partial charge is 0.497 e. The van der Waals surface area contributed by atoms with Gasteiger partial charge in [0, 0.05) is 16.6 Å². The minimum Gasteiger partial charge on any atom is -0.497 e. The number of methoxy groups -OCH3 is 1. The molecule has 1 atom stereocenters. The maximum Gasteiger partial charge on any atom is 0.238 e. The summed E-state index contributed by atoms with van der Waals surface area (Å²) in [5, 5.41) is 7.70. The molecule has 2 N–H and O–H groups in total. The molecule has 1 aromatic heterocycles. The first-order valence-corrected chi connectivity index (χ1v) is 10.5. The lowest BCUT2D eigenvalue weighted by molar-refractivity contribution is -0.123. The lowest BCUT2D eigenvalue weighted by Crippen LogP contribution is -2.40. The standard InChI is InChI=1S/C23H24FN3O3S/c1-27(14-21(28)25-18-5-3-6-19(13-18)30-2)15-22(29)26-23(20-7-4-12-31-20)16-8-10-17(24)11-9-16/h3-13,23H,14-15H2,1-2H3,(H,25,28)(H,26,29). The topological polar surface area (TPSA) is 70.7 Å². The van der Waals surface area contributed by atoms with Crippen molar-refractivity contribution in [3.8, 4) is 5.75 Å². The lowest BCUT2D eigenvalue weighted by Gasteiger charge is -2.21. The van der Waals surface area contributed by atoms with Gasteiger partial charge in [-0.15, -0.1) is 11.3 Å². The van der Waals surface area contributed by atoms with E-state index in [9.17, 15) is 14.0 Å². The average Bonchev–Trinajstić information content (AvgIpc) is 3.27. The van der Waals surface area contributed by atoms with Crippen molar-refractivity contribution in [2.24, 2.45) is 0 Å². The molecule has 162 valence electrons. The summed E-state index contributed by atoms with van der Waals surface area (Å²) in [4.78, 5) is 27.5. The molecule has 3 rings (SSSR count). The fourth-order valence-corrected chi connectivity index (χ4v) is 3.89. The molecule has 3 aromatic rings. The lowest BCUT2D eigenvalue weighted by atomic mass is 10.1. The molecule has 0 saturated carbocycles. The molecule has 0 aliphatic heterocycles. The van der Waals surface area contributed by atoms with E-state index in [1.54, 1.807) is 55.5 Å². The Bertz CT molecular complexity index is 1010. The highest BCUT2D eigenvalue weighted by Gasteiger charge is 2.19. The Morgan fingerprint density at radius 3 is 2.48 bits per heavy atom. The average molecular weight is 442 g/mol. The number of rotatable bonds is 9. The number of amides is 2. The van der Waals surface area contributed by atoms with Crippen LogP contribution in [-0.4, -0.2) is 44.0 Å². The normalized spacial score (nSPS) is 11.7. The van der Waals surface area contributed by atoms with Crippen LogP contribution in [0.5, 0.6) is 5.75 Å². The zero-order chi connectivity index (χ0) is 22.2. The van der Waals surface area contributed by atoms with Gasteiger partial charge in [-0.1, -0.05) is 24.3 Å². The van der Waals surface area contributed by atoms with E-state index in [2.05, 4.69) is 10.6 Å². The number of anilines is 1. The van der Waals surface area contributed by atoms with Crippen LogP contribution in [0.4, 0.5) is 10.1 Å². The molecular weight excluding hydrogens is 417 g/mol. The number of nitrogens with zero attached hydrogens (tertiary/aromatic N) is 1. The third kappa shape index (κ3) is 6.63. The summed E-state index contributed by atoms with van der Waals surface area (Å²) in [5.74, 6) is -0.163. The summed E-state index contributed by atoms with van der Waals surface area (Å²) in [7, 11) is 3.26. The second kappa shape index (κ2) is 10.7. The second-order valence-electron chi connectivity index (χ2n) is 7.02. The summed E-state index contributed by atoms with van der Waals surface area (Å²) >= 11 is 1.51. The quantitative estimate of drug-likeness (QED) is 0.532. The van der Waals surface area contributed by atoms with Gasteiger partial charge in [0.15, 0.2) is 0 Å². The van der Waals surface area contributed by atoms with Gasteiger partial charge in [-0.05, 0) is 48.3 Å². The van der Waals surface area contributed by atoms with Gasteiger partial charge in [0.25, 0.3) is 0 Å². The van der Waals surface area contributed by atoms with Crippen LogP contribution in [-0.2, 0) is 9.59 Å². The zero-order valence-electron chi connectivity index (χ0n) is 17.3. The van der Waals surface area contributed by atoms with E-state index in [1.807, 2.05) is 17.5 Å². The molecule has 0 spiro atoms. The summed E-state index contributed by atoms with van der Waals surface area (Å²) in [6.45, 7) is 0.0828. The van der Waals surface area contributed by atoms with E-state index in [0.29, 0.717) is 11.4 Å². The molecule has 2 amide bonds. The maximum absolute atomic E-state index is 13.3. The monoisotopic (exact) mass is 441 g/mol. The third-order valence-corrected chi connectivity index (χ3v) is 5.45. The fourth-order valence-electron chi connectivity index (χ4n) is 3.08. The highest BCUT2D eigenvalue weighted by Crippen LogP contribution is 2.26. The first-order valence-electron chi connectivity index (χ1n) is 9.65. The Kier molecular flexibility index (Phi) is 7.75. The molecule has 0 fully saturated rings. The van der Waals surface area contributed by atoms with Crippen molar-refractivity contribution in [3.05, 3.63) is 82.3 Å². The van der Waals surface area contributed by atoms with Crippen LogP contribution >= 0.6 is 11.3 Å². The van der Waals surface area contributed by atoms with Gasteiger partial charge in [0.05, 0.1) is 26.2 Å². The molecule has 1 heterocycles. The number of benzene rings is 2. The smallest absolute Gasteiger partial charge is 0.238 e. The highest BCUT2D eigenvalue weighted by molar-refractivity contribution is 7.10. The first kappa shape index (κ1) is 22.5. The SMILES string of the molecule is COc1cccc(NC(=O)CN(C)CC(=O)NC(c2ccc(F)cc2)c2cccs2)c1. The molecule has 0 aliphatic carbocycles. The van der Waals surface area contributed by atoms with Gasteiger partial charge in [0.1, 0.15) is 11.6 Å². The van der Waals surface area contributed by atoms with Crippen LogP contribution in [0.2, 0.25) is 0 Å². The van der Waals surface area contributed by atoms with E-state index in [1.165, 1.54) is 23.5 Å². The molecule has 6 nitrogen and oxygen atoms in total. The van der Waals surface area contributed by atoms with Crippen LogP contribution in [0.15, 0.2) is 66.0 Å². The Hall–Kier alpha value is -3.23. The van der Waals surface area contributed by atoms with Crippen molar-refractivity contribution in [1.82, 2.24) is 10.2 Å². The number of likely N-dealkylation sites (N-methyl/N-ethyl adjacent to an activating group) is 1. The Morgan fingerprint density at radius 1 is 1.06 bits per heavy atom. The summed E-state index contributed by atoms with van der Waals surface area (Å²) in [6, 6.07) is 16.6. The van der Waals surface area contributed by atoms with Crippen molar-refractivity contribution in [3.63, 3.8) is 0 Å². The number of thiophene rings is 1. The molecule has 0 aliphatic rings. The first-order chi connectivity index (χ1) is 14.9. The van der Waals surface area contributed by atoms with E-state index in [-0.39, 0.29) is 36.8 Å². The van der Waals surface area contributed by atoms with E-state index in [0.717, 1.165) is 10.4 Å². The Balaban J connectivity index is 1.57. The van der Waals surface area contributed by atoms with Gasteiger partial charge in [-0.3, -0.25) is 14.5 Å². The molecule has 2 aromatic carbocycles. The number of hydrogen-bond acceptors (Lipinski definition) is 5. The van der Waals surface area contributed by atoms with Crippen molar-refractivity contribution in [2.75, 3.05) is 32.6 Å². The summed E-state index contributed by atoms with van der Waals surface area (Å²) in [6.07, 6.45) is 0. The van der Waals surface area contributed by atoms with Crippen LogP contribution < -0.4 is 15.4 Å². The summed E-state index contributed by atoms with van der Waals surface area (Å²) in [5.41, 5.74) is 1.41. The molecule has 1 unspecified atom stereocenters. The second-order valence-corrected chi connectivity index (χ2v) is 8.00. The molecule has 0 bridgehead atoms. The minimum atomic E-state index is -0.382. The fraction of sp³-hybridized carbons (Fsp3) is 0.217. The van der Waals surface area contributed by atoms with Crippen molar-refractivity contribution in [1.29, 1.82) is 0 Å². The predicted octanol–water partition coefficient (Wildman–Crippen LogP) is 3.67. The van der Waals surface area contributed by atoms with E-state index >= 15 is 0 Å². The van der Waals surface area contributed by atoms with Crippen molar-refractivity contribution < 1.29 is 18.7 Å². The van der Waals surface area contributed by atoms with Gasteiger partial charge in [0.2, 0.25) is 11.8 Å². The number of carbonyl (C=O) groups is 2. The van der Waals surface area contributed by atoms with Gasteiger partial charge in [-0.2, -0.15) is 0 Å². The Morgan fingerprint density at radius 2 is 1.81 bits per heavy atom. The van der Waals surface area contributed by atoms with Crippen LogP contribution in [0.1, 0.15) is 16.5 Å². The highest BCUT2D eigenvalue weighted by atomic mass is 32.1. The zero-order valence-corrected chi connectivity index (χ0v) is 18.1. The van der Waals surface area contributed by atoms with E-state index < -0.39 is 0 Å². The predicted molar refractivity (Wildman–Crippen MR) is 120 cm³/mol. The van der Waals surface area contributed by atoms with Crippen molar-refractivity contribution >= 4 is 28.8 Å². The number of halogens is 1. The molecule has 0 radical (unpaired) electrons. The Labute approximate surface area is 184 Å². The minimum absolute atomic E-state index is 0.0363. The van der Waals surface area contributed by atoms with Gasteiger partial charge in [-0.25, -0.2) is 4.39 Å². The number of carbonyl (C=O) groups excluding carboxylic acids is 2. The van der Waals surface area contributed by atoms with Gasteiger partial charge >= 0.3 is 0 Å². The number of ether oxygens (including phenoxy) is 1. The molecule has 31 heavy (non-hydrogen) atoms. The number of hydrogen-bond donors (Lipinski definition) is 2. The van der Waals surface area contributed by atoms with Gasteiger partial charge < -0.3 is 15.4 Å². The molecular formula is C23H24FN3O3S. The van der Waals surface area contributed by atoms with Crippen molar-refractivity contribution in [2.45, 2.75) is 6.04 Å². The molecule has 8 heteroatoms. The van der Waals surface area contributed by atoms with E-state index in [4.69, 9.17) is 4.74 Å². The third-order valence-electron chi connectivity index (χ3n) is 4.52. The maximum atomic E-state index is 13.3.